The monoisotopic (exact) mass is 443 g/mol. The predicted octanol–water partition coefficient (Wildman–Crippen LogP) is 2.40. The van der Waals surface area contributed by atoms with E-state index in [0.717, 1.165) is 25.9 Å². The summed E-state index contributed by atoms with van der Waals surface area (Å²) in [7, 11) is 1.61. The van der Waals surface area contributed by atoms with Crippen LogP contribution in [0.25, 0.3) is 5.69 Å². The SMILES string of the molecule is COCc1noc(N2CCC([C@H]3C[C@H]3COCc3ccc(-n4cnnn4)cc3F)CC2)n1. The van der Waals surface area contributed by atoms with Crippen molar-refractivity contribution in [3.05, 3.63) is 41.7 Å². The number of nitrogens with zero attached hydrogens (tertiary/aromatic N) is 7. The average molecular weight is 443 g/mol. The molecule has 3 heterocycles. The Kier molecular flexibility index (Phi) is 6.08. The highest BCUT2D eigenvalue weighted by molar-refractivity contribution is 5.34. The van der Waals surface area contributed by atoms with Crippen molar-refractivity contribution in [3.8, 4) is 5.69 Å². The van der Waals surface area contributed by atoms with Crippen LogP contribution in [0.4, 0.5) is 10.4 Å². The van der Waals surface area contributed by atoms with E-state index in [1.54, 1.807) is 19.2 Å². The molecule has 1 aliphatic carbocycles. The number of hydrogen-bond acceptors (Lipinski definition) is 9. The second-order valence-corrected chi connectivity index (χ2v) is 8.46. The van der Waals surface area contributed by atoms with E-state index in [9.17, 15) is 4.39 Å². The minimum absolute atomic E-state index is 0.268. The Morgan fingerprint density at radius 2 is 2.09 bits per heavy atom. The summed E-state index contributed by atoms with van der Waals surface area (Å²) in [6.45, 7) is 3.13. The van der Waals surface area contributed by atoms with E-state index in [-0.39, 0.29) is 12.4 Å². The number of benzene rings is 1. The molecule has 2 fully saturated rings. The molecule has 11 heteroatoms. The molecule has 5 rings (SSSR count). The fourth-order valence-electron chi connectivity index (χ4n) is 4.52. The first-order valence-electron chi connectivity index (χ1n) is 10.9. The Bertz CT molecular complexity index is 1020. The molecule has 0 spiro atoms. The third kappa shape index (κ3) is 4.63. The lowest BCUT2D eigenvalue weighted by molar-refractivity contribution is 0.102. The van der Waals surface area contributed by atoms with Gasteiger partial charge in [-0.15, -0.1) is 5.10 Å². The highest BCUT2D eigenvalue weighted by atomic mass is 19.1. The van der Waals surface area contributed by atoms with Gasteiger partial charge in [-0.25, -0.2) is 9.07 Å². The standard InChI is InChI=1S/C21H26FN7O3/c1-30-12-20-24-21(32-25-20)28-6-4-14(5-7-28)18-8-16(18)11-31-10-15-2-3-17(9-19(15)22)29-13-23-26-27-29/h2-3,9,13-14,16,18H,4-8,10-12H2,1H3/t16-,18+/m0/s1. The van der Waals surface area contributed by atoms with Gasteiger partial charge in [-0.2, -0.15) is 4.98 Å². The van der Waals surface area contributed by atoms with E-state index >= 15 is 0 Å². The summed E-state index contributed by atoms with van der Waals surface area (Å²) in [5, 5.41) is 14.8. The highest BCUT2D eigenvalue weighted by Gasteiger charge is 2.43. The quantitative estimate of drug-likeness (QED) is 0.493. The first-order valence-corrected chi connectivity index (χ1v) is 10.9. The van der Waals surface area contributed by atoms with Gasteiger partial charge < -0.3 is 18.9 Å². The third-order valence-corrected chi connectivity index (χ3v) is 6.36. The number of piperidine rings is 1. The molecule has 1 aromatic carbocycles. The summed E-state index contributed by atoms with van der Waals surface area (Å²) in [5.41, 5.74) is 1.13. The number of rotatable bonds is 9. The van der Waals surface area contributed by atoms with Gasteiger partial charge in [0.15, 0.2) is 5.82 Å². The molecule has 32 heavy (non-hydrogen) atoms. The number of anilines is 1. The zero-order valence-electron chi connectivity index (χ0n) is 17.9. The fourth-order valence-corrected chi connectivity index (χ4v) is 4.52. The number of hydrogen-bond donors (Lipinski definition) is 0. The molecule has 0 unspecified atom stereocenters. The lowest BCUT2D eigenvalue weighted by Crippen LogP contribution is -2.34. The maximum Gasteiger partial charge on any atom is 0.324 e. The third-order valence-electron chi connectivity index (χ3n) is 6.36. The summed E-state index contributed by atoms with van der Waals surface area (Å²) in [4.78, 5) is 6.53. The van der Waals surface area contributed by atoms with Crippen molar-refractivity contribution in [3.63, 3.8) is 0 Å². The first kappa shape index (κ1) is 21.0. The Hall–Kier alpha value is -2.92. The van der Waals surface area contributed by atoms with Crippen molar-refractivity contribution >= 4 is 6.01 Å². The smallest absolute Gasteiger partial charge is 0.324 e. The van der Waals surface area contributed by atoms with E-state index in [1.165, 1.54) is 23.5 Å². The summed E-state index contributed by atoms with van der Waals surface area (Å²) in [6, 6.07) is 5.51. The molecule has 2 atom stereocenters. The van der Waals surface area contributed by atoms with Crippen molar-refractivity contribution < 1.29 is 18.4 Å². The van der Waals surface area contributed by atoms with Crippen LogP contribution in [0, 0.1) is 23.6 Å². The van der Waals surface area contributed by atoms with Gasteiger partial charge in [-0.05, 0) is 53.5 Å². The van der Waals surface area contributed by atoms with Gasteiger partial charge in [0.1, 0.15) is 18.8 Å². The summed E-state index contributed by atoms with van der Waals surface area (Å²) in [5.74, 6) is 2.20. The number of tetrazole rings is 1. The van der Waals surface area contributed by atoms with Gasteiger partial charge in [0.25, 0.3) is 0 Å². The average Bonchev–Trinajstić information content (AvgIpc) is 3.17. The molecule has 0 N–H and O–H groups in total. The molecule has 1 saturated carbocycles. The Morgan fingerprint density at radius 1 is 1.22 bits per heavy atom. The Morgan fingerprint density at radius 3 is 2.84 bits per heavy atom. The zero-order chi connectivity index (χ0) is 21.9. The maximum absolute atomic E-state index is 14.4. The number of aromatic nitrogens is 6. The van der Waals surface area contributed by atoms with Crippen LogP contribution in [0.1, 0.15) is 30.7 Å². The van der Waals surface area contributed by atoms with Gasteiger partial charge in [0, 0.05) is 31.8 Å². The van der Waals surface area contributed by atoms with Gasteiger partial charge in [0.2, 0.25) is 0 Å². The van der Waals surface area contributed by atoms with Crippen molar-refractivity contribution in [2.75, 3.05) is 31.7 Å². The molecule has 3 aromatic rings. The van der Waals surface area contributed by atoms with E-state index < -0.39 is 0 Å². The number of halogens is 1. The summed E-state index contributed by atoms with van der Waals surface area (Å²) in [6.07, 6.45) is 4.83. The van der Waals surface area contributed by atoms with Gasteiger partial charge in [0.05, 0.1) is 18.9 Å². The van der Waals surface area contributed by atoms with E-state index in [4.69, 9.17) is 14.0 Å². The van der Waals surface area contributed by atoms with Crippen molar-refractivity contribution in [1.29, 1.82) is 0 Å². The van der Waals surface area contributed by atoms with Gasteiger partial charge >= 0.3 is 6.01 Å². The van der Waals surface area contributed by atoms with Crippen LogP contribution in [0.2, 0.25) is 0 Å². The minimum atomic E-state index is -0.313. The van der Waals surface area contributed by atoms with Crippen LogP contribution in [-0.2, 0) is 22.7 Å². The van der Waals surface area contributed by atoms with Gasteiger partial charge in [-0.3, -0.25) is 0 Å². The molecule has 170 valence electrons. The van der Waals surface area contributed by atoms with E-state index in [2.05, 4.69) is 30.6 Å². The zero-order valence-corrected chi connectivity index (χ0v) is 17.9. The van der Waals surface area contributed by atoms with Crippen LogP contribution in [0.3, 0.4) is 0 Å². The van der Waals surface area contributed by atoms with E-state index in [1.807, 2.05) is 0 Å². The molecule has 0 amide bonds. The molecular weight excluding hydrogens is 417 g/mol. The lowest BCUT2D eigenvalue weighted by Gasteiger charge is -2.30. The first-order chi connectivity index (χ1) is 15.7. The molecular formula is C21H26FN7O3. The molecule has 0 radical (unpaired) electrons. The van der Waals surface area contributed by atoms with Crippen molar-refractivity contribution in [2.45, 2.75) is 32.5 Å². The van der Waals surface area contributed by atoms with Crippen molar-refractivity contribution in [2.24, 2.45) is 17.8 Å². The number of ether oxygens (including phenoxy) is 2. The van der Waals surface area contributed by atoms with Crippen LogP contribution < -0.4 is 4.90 Å². The second kappa shape index (κ2) is 9.29. The molecule has 1 aliphatic heterocycles. The molecule has 2 aliphatic rings. The minimum Gasteiger partial charge on any atom is -0.377 e. The maximum atomic E-state index is 14.4. The van der Waals surface area contributed by atoms with Crippen molar-refractivity contribution in [1.82, 2.24) is 30.3 Å². The second-order valence-electron chi connectivity index (χ2n) is 8.46. The Labute approximate surface area is 184 Å². The largest absolute Gasteiger partial charge is 0.377 e. The fraction of sp³-hybridized carbons (Fsp3) is 0.571. The molecule has 1 saturated heterocycles. The van der Waals surface area contributed by atoms with Crippen LogP contribution in [0.5, 0.6) is 0 Å². The normalized spacial score (nSPS) is 21.2. The lowest BCUT2D eigenvalue weighted by atomic mass is 9.91. The topological polar surface area (TPSA) is 104 Å². The highest BCUT2D eigenvalue weighted by Crippen LogP contribution is 2.48. The number of methoxy groups -OCH3 is 1. The van der Waals surface area contributed by atoms with Crippen LogP contribution in [0.15, 0.2) is 29.0 Å². The van der Waals surface area contributed by atoms with Crippen LogP contribution >= 0.6 is 0 Å². The van der Waals surface area contributed by atoms with Crippen LogP contribution in [-0.4, -0.2) is 57.2 Å². The molecule has 2 aromatic heterocycles. The molecule has 10 nitrogen and oxygen atoms in total. The van der Waals surface area contributed by atoms with E-state index in [0.29, 0.717) is 54.1 Å². The summed E-state index contributed by atoms with van der Waals surface area (Å²) >= 11 is 0. The molecule has 0 bridgehead atoms. The Balaban J connectivity index is 1.04. The predicted molar refractivity (Wildman–Crippen MR) is 110 cm³/mol. The van der Waals surface area contributed by atoms with Gasteiger partial charge in [-0.1, -0.05) is 11.2 Å². The summed E-state index contributed by atoms with van der Waals surface area (Å²) < 4.78 is 32.0.